The van der Waals surface area contributed by atoms with E-state index in [1.807, 2.05) is 6.92 Å². The first kappa shape index (κ1) is 22.6. The molecule has 0 bridgehead atoms. The predicted molar refractivity (Wildman–Crippen MR) is 111 cm³/mol. The number of hydrogen-bond donors (Lipinski definition) is 1. The summed E-state index contributed by atoms with van der Waals surface area (Å²) in [6, 6.07) is 4.47. The van der Waals surface area contributed by atoms with Gasteiger partial charge in [0.25, 0.3) is 5.56 Å². The molecular formula is C20H25ClF3N5O. The van der Waals surface area contributed by atoms with E-state index in [1.54, 1.807) is 0 Å². The number of piperazine rings is 1. The van der Waals surface area contributed by atoms with Crippen LogP contribution in [0.2, 0.25) is 5.02 Å². The SMILES string of the molecule is CC(CCN1CCN(C)CC1)Nc1cnn(-c2cccc(C(F)(F)F)c2)c(=O)c1Cl. The maximum atomic E-state index is 12.9. The summed E-state index contributed by atoms with van der Waals surface area (Å²) in [6.45, 7) is 7.06. The number of hydrogen-bond acceptors (Lipinski definition) is 5. The molecule has 0 saturated carbocycles. The minimum Gasteiger partial charge on any atom is -0.380 e. The van der Waals surface area contributed by atoms with Crippen molar-refractivity contribution < 1.29 is 13.2 Å². The van der Waals surface area contributed by atoms with Gasteiger partial charge in [-0.25, -0.2) is 0 Å². The lowest BCUT2D eigenvalue weighted by atomic mass is 10.2. The average molecular weight is 444 g/mol. The Morgan fingerprint density at radius 1 is 1.23 bits per heavy atom. The second-order valence-electron chi connectivity index (χ2n) is 7.62. The summed E-state index contributed by atoms with van der Waals surface area (Å²) < 4.78 is 39.7. The van der Waals surface area contributed by atoms with Crippen molar-refractivity contribution in [2.45, 2.75) is 25.6 Å². The largest absolute Gasteiger partial charge is 0.416 e. The van der Waals surface area contributed by atoms with E-state index in [1.165, 1.54) is 18.3 Å². The van der Waals surface area contributed by atoms with E-state index in [-0.39, 0.29) is 16.8 Å². The lowest BCUT2D eigenvalue weighted by Gasteiger charge is -2.33. The molecule has 1 N–H and O–H groups in total. The summed E-state index contributed by atoms with van der Waals surface area (Å²) >= 11 is 6.21. The summed E-state index contributed by atoms with van der Waals surface area (Å²) in [6.07, 6.45) is -2.28. The van der Waals surface area contributed by atoms with Crippen LogP contribution in [-0.2, 0) is 6.18 Å². The van der Waals surface area contributed by atoms with Gasteiger partial charge in [0.2, 0.25) is 0 Å². The third kappa shape index (κ3) is 5.53. The molecule has 1 aromatic carbocycles. The minimum absolute atomic E-state index is 0.00592. The molecule has 0 spiro atoms. The zero-order valence-corrected chi connectivity index (χ0v) is 17.7. The molecule has 1 aromatic heterocycles. The average Bonchev–Trinajstić information content (AvgIpc) is 2.71. The highest BCUT2D eigenvalue weighted by Crippen LogP contribution is 2.30. The van der Waals surface area contributed by atoms with Crippen LogP contribution in [0.4, 0.5) is 18.9 Å². The second kappa shape index (κ2) is 9.36. The Hall–Kier alpha value is -2.10. The number of likely N-dealkylation sites (N-methyl/N-ethyl adjacent to an activating group) is 1. The van der Waals surface area contributed by atoms with Crippen LogP contribution >= 0.6 is 11.6 Å². The fourth-order valence-electron chi connectivity index (χ4n) is 3.32. The number of aromatic nitrogens is 2. The summed E-state index contributed by atoms with van der Waals surface area (Å²) in [7, 11) is 2.11. The molecule has 1 saturated heterocycles. The van der Waals surface area contributed by atoms with Crippen LogP contribution in [0.25, 0.3) is 5.69 Å². The van der Waals surface area contributed by atoms with E-state index in [0.29, 0.717) is 5.69 Å². The van der Waals surface area contributed by atoms with Crippen molar-refractivity contribution in [3.05, 3.63) is 51.4 Å². The maximum absolute atomic E-state index is 12.9. The van der Waals surface area contributed by atoms with Gasteiger partial charge in [-0.3, -0.25) is 4.79 Å². The number of nitrogens with zero attached hydrogens (tertiary/aromatic N) is 4. The van der Waals surface area contributed by atoms with Crippen LogP contribution in [0.3, 0.4) is 0 Å². The molecule has 6 nitrogen and oxygen atoms in total. The Morgan fingerprint density at radius 3 is 2.60 bits per heavy atom. The summed E-state index contributed by atoms with van der Waals surface area (Å²) in [4.78, 5) is 17.3. The van der Waals surface area contributed by atoms with Crippen LogP contribution in [0.5, 0.6) is 0 Å². The number of alkyl halides is 3. The van der Waals surface area contributed by atoms with Gasteiger partial charge in [0.1, 0.15) is 5.02 Å². The Bertz CT molecular complexity index is 925. The van der Waals surface area contributed by atoms with Crippen LogP contribution in [0, 0.1) is 0 Å². The first-order chi connectivity index (χ1) is 14.1. The standard InChI is InChI=1S/C20H25ClF3N5O/c1-14(6-7-28-10-8-27(2)9-11-28)26-17-13-25-29(19(30)18(17)21)16-5-3-4-15(12-16)20(22,23)24/h3-5,12-14,26H,6-11H2,1-2H3. The second-order valence-corrected chi connectivity index (χ2v) is 7.99. The van der Waals surface area contributed by atoms with E-state index in [9.17, 15) is 18.0 Å². The Kier molecular flexibility index (Phi) is 7.05. The van der Waals surface area contributed by atoms with Crippen molar-refractivity contribution in [1.82, 2.24) is 19.6 Å². The normalized spacial score (nSPS) is 17.1. The third-order valence-corrected chi connectivity index (χ3v) is 5.58. The van der Waals surface area contributed by atoms with Crippen molar-refractivity contribution >= 4 is 17.3 Å². The summed E-state index contributed by atoms with van der Waals surface area (Å²) in [5.41, 5.74) is -1.15. The number of rotatable bonds is 6. The highest BCUT2D eigenvalue weighted by Gasteiger charge is 2.30. The van der Waals surface area contributed by atoms with Gasteiger partial charge >= 0.3 is 6.18 Å². The van der Waals surface area contributed by atoms with E-state index in [2.05, 4.69) is 27.3 Å². The van der Waals surface area contributed by atoms with Gasteiger partial charge < -0.3 is 15.1 Å². The van der Waals surface area contributed by atoms with Crippen molar-refractivity contribution in [2.24, 2.45) is 0 Å². The molecule has 1 atom stereocenters. The number of benzene rings is 1. The number of halogens is 4. The number of nitrogens with one attached hydrogen (secondary N) is 1. The Labute approximate surface area is 178 Å². The van der Waals surface area contributed by atoms with E-state index in [4.69, 9.17) is 11.6 Å². The lowest BCUT2D eigenvalue weighted by Crippen LogP contribution is -2.45. The molecule has 0 radical (unpaired) electrons. The molecule has 2 heterocycles. The van der Waals surface area contributed by atoms with Crippen LogP contribution in [0.15, 0.2) is 35.3 Å². The molecular weight excluding hydrogens is 419 g/mol. The highest BCUT2D eigenvalue weighted by atomic mass is 35.5. The molecule has 1 fully saturated rings. The maximum Gasteiger partial charge on any atom is 0.416 e. The van der Waals surface area contributed by atoms with E-state index >= 15 is 0 Å². The zero-order chi connectivity index (χ0) is 21.9. The van der Waals surface area contributed by atoms with Gasteiger partial charge in [0, 0.05) is 38.8 Å². The van der Waals surface area contributed by atoms with Gasteiger partial charge in [-0.1, -0.05) is 17.7 Å². The molecule has 3 rings (SSSR count). The molecule has 0 amide bonds. The Morgan fingerprint density at radius 2 is 1.93 bits per heavy atom. The van der Waals surface area contributed by atoms with Crippen molar-refractivity contribution in [3.8, 4) is 5.69 Å². The summed E-state index contributed by atoms with van der Waals surface area (Å²) in [5.74, 6) is 0. The monoisotopic (exact) mass is 443 g/mol. The zero-order valence-electron chi connectivity index (χ0n) is 16.9. The molecule has 0 aliphatic carbocycles. The topological polar surface area (TPSA) is 53.4 Å². The predicted octanol–water partition coefficient (Wildman–Crippen LogP) is 3.34. The Balaban J connectivity index is 1.68. The van der Waals surface area contributed by atoms with Crippen LogP contribution in [-0.4, -0.2) is 65.4 Å². The first-order valence-corrected chi connectivity index (χ1v) is 10.2. The quantitative estimate of drug-likeness (QED) is 0.742. The minimum atomic E-state index is -4.51. The van der Waals surface area contributed by atoms with Gasteiger partial charge in [-0.2, -0.15) is 23.0 Å². The number of anilines is 1. The molecule has 164 valence electrons. The fourth-order valence-corrected chi connectivity index (χ4v) is 3.50. The van der Waals surface area contributed by atoms with Crippen molar-refractivity contribution in [2.75, 3.05) is 45.1 Å². The van der Waals surface area contributed by atoms with Crippen LogP contribution < -0.4 is 10.9 Å². The smallest absolute Gasteiger partial charge is 0.380 e. The lowest BCUT2D eigenvalue weighted by molar-refractivity contribution is -0.137. The molecule has 30 heavy (non-hydrogen) atoms. The molecule has 1 aliphatic rings. The first-order valence-electron chi connectivity index (χ1n) is 9.78. The van der Waals surface area contributed by atoms with Crippen molar-refractivity contribution in [1.29, 1.82) is 0 Å². The van der Waals surface area contributed by atoms with Gasteiger partial charge in [-0.15, -0.1) is 0 Å². The van der Waals surface area contributed by atoms with E-state index in [0.717, 1.165) is 56.0 Å². The van der Waals surface area contributed by atoms with Gasteiger partial charge in [0.15, 0.2) is 0 Å². The summed E-state index contributed by atoms with van der Waals surface area (Å²) in [5, 5.41) is 7.10. The van der Waals surface area contributed by atoms with Crippen LogP contribution in [0.1, 0.15) is 18.9 Å². The van der Waals surface area contributed by atoms with Gasteiger partial charge in [0.05, 0.1) is 23.1 Å². The molecule has 10 heteroatoms. The van der Waals surface area contributed by atoms with Crippen molar-refractivity contribution in [3.63, 3.8) is 0 Å². The van der Waals surface area contributed by atoms with Gasteiger partial charge in [-0.05, 0) is 38.6 Å². The molecule has 1 unspecified atom stereocenters. The van der Waals surface area contributed by atoms with E-state index < -0.39 is 17.3 Å². The highest BCUT2D eigenvalue weighted by molar-refractivity contribution is 6.32. The molecule has 1 aliphatic heterocycles. The third-order valence-electron chi connectivity index (χ3n) is 5.21. The fraction of sp³-hybridized carbons (Fsp3) is 0.500. The molecule has 2 aromatic rings.